The first-order valence-corrected chi connectivity index (χ1v) is 5.45. The van der Waals surface area contributed by atoms with Crippen molar-refractivity contribution in [2.75, 3.05) is 0 Å². The van der Waals surface area contributed by atoms with Gasteiger partial charge in [0, 0.05) is 17.8 Å². The van der Waals surface area contributed by atoms with E-state index in [0.29, 0.717) is 11.3 Å². The Labute approximate surface area is 109 Å². The van der Waals surface area contributed by atoms with Gasteiger partial charge >= 0.3 is 5.97 Å². The maximum absolute atomic E-state index is 10.7. The van der Waals surface area contributed by atoms with E-state index in [2.05, 4.69) is 4.99 Å². The number of phenolic OH excluding ortho intramolecular Hbond substituents is 2. The van der Waals surface area contributed by atoms with E-state index < -0.39 is 5.97 Å². The van der Waals surface area contributed by atoms with Crippen LogP contribution in [0.3, 0.4) is 0 Å². The number of aromatic hydroxyl groups is 2. The lowest BCUT2D eigenvalue weighted by molar-refractivity contribution is 0.0697. The van der Waals surface area contributed by atoms with Crippen LogP contribution in [0.15, 0.2) is 47.5 Å². The minimum absolute atomic E-state index is 0.0531. The summed E-state index contributed by atoms with van der Waals surface area (Å²) in [6.45, 7) is 0. The van der Waals surface area contributed by atoms with E-state index in [0.717, 1.165) is 0 Å². The van der Waals surface area contributed by atoms with E-state index in [4.69, 9.17) is 5.11 Å². The normalized spacial score (nSPS) is 10.7. The molecule has 2 aromatic carbocycles. The Morgan fingerprint density at radius 3 is 2.11 bits per heavy atom. The molecule has 0 aromatic heterocycles. The van der Waals surface area contributed by atoms with Gasteiger partial charge in [0.2, 0.25) is 0 Å². The number of phenols is 2. The smallest absolute Gasteiger partial charge is 0.335 e. The van der Waals surface area contributed by atoms with Gasteiger partial charge in [-0.25, -0.2) is 4.79 Å². The van der Waals surface area contributed by atoms with Crippen LogP contribution in [-0.4, -0.2) is 27.5 Å². The summed E-state index contributed by atoms with van der Waals surface area (Å²) < 4.78 is 0. The molecule has 5 heteroatoms. The standard InChI is InChI=1S/C14H11NO4/c16-12-5-9(6-13(17)7-12)8-15-11-3-1-10(2-4-11)14(18)19/h1-8,16-17H,(H,18,19). The summed E-state index contributed by atoms with van der Waals surface area (Å²) in [6, 6.07) is 10.2. The Hall–Kier alpha value is -2.82. The molecule has 0 heterocycles. The van der Waals surface area contributed by atoms with Gasteiger partial charge in [-0.3, -0.25) is 4.99 Å². The number of benzene rings is 2. The number of rotatable bonds is 3. The molecule has 0 fully saturated rings. The van der Waals surface area contributed by atoms with Gasteiger partial charge in [0.15, 0.2) is 0 Å². The fourth-order valence-corrected chi connectivity index (χ4v) is 1.53. The monoisotopic (exact) mass is 257 g/mol. The second kappa shape index (κ2) is 5.22. The van der Waals surface area contributed by atoms with Gasteiger partial charge < -0.3 is 15.3 Å². The van der Waals surface area contributed by atoms with Crippen molar-refractivity contribution in [3.8, 4) is 11.5 Å². The fraction of sp³-hybridized carbons (Fsp3) is 0. The van der Waals surface area contributed by atoms with Crippen LogP contribution in [0.1, 0.15) is 15.9 Å². The number of carbonyl (C=O) groups is 1. The summed E-state index contributed by atoms with van der Waals surface area (Å²) in [5.74, 6) is -1.10. The molecule has 96 valence electrons. The van der Waals surface area contributed by atoms with E-state index in [9.17, 15) is 15.0 Å². The second-order valence-corrected chi connectivity index (χ2v) is 3.89. The highest BCUT2D eigenvalue weighted by Crippen LogP contribution is 2.20. The van der Waals surface area contributed by atoms with Gasteiger partial charge in [-0.2, -0.15) is 0 Å². The molecule has 0 radical (unpaired) electrons. The molecule has 0 spiro atoms. The van der Waals surface area contributed by atoms with E-state index in [1.165, 1.54) is 36.5 Å². The van der Waals surface area contributed by atoms with Crippen molar-refractivity contribution < 1.29 is 20.1 Å². The van der Waals surface area contributed by atoms with Crippen LogP contribution in [0.2, 0.25) is 0 Å². The van der Waals surface area contributed by atoms with Crippen LogP contribution in [0.4, 0.5) is 5.69 Å². The van der Waals surface area contributed by atoms with E-state index in [1.807, 2.05) is 0 Å². The zero-order valence-corrected chi connectivity index (χ0v) is 9.82. The zero-order chi connectivity index (χ0) is 13.8. The molecule has 0 atom stereocenters. The summed E-state index contributed by atoms with van der Waals surface area (Å²) in [5, 5.41) is 27.4. The number of carboxylic acids is 1. The molecular weight excluding hydrogens is 246 g/mol. The molecule has 0 saturated heterocycles. The lowest BCUT2D eigenvalue weighted by atomic mass is 10.2. The second-order valence-electron chi connectivity index (χ2n) is 3.89. The molecule has 0 unspecified atom stereocenters. The van der Waals surface area contributed by atoms with Gasteiger partial charge in [0.05, 0.1) is 11.3 Å². The van der Waals surface area contributed by atoms with Gasteiger partial charge in [-0.1, -0.05) is 0 Å². The zero-order valence-electron chi connectivity index (χ0n) is 9.82. The third-order valence-electron chi connectivity index (χ3n) is 2.40. The van der Waals surface area contributed by atoms with Crippen molar-refractivity contribution in [2.45, 2.75) is 0 Å². The first kappa shape index (κ1) is 12.6. The third kappa shape index (κ3) is 3.32. The average Bonchev–Trinajstić information content (AvgIpc) is 2.36. The molecule has 0 amide bonds. The van der Waals surface area contributed by atoms with Crippen molar-refractivity contribution in [2.24, 2.45) is 4.99 Å². The van der Waals surface area contributed by atoms with Gasteiger partial charge in [-0.05, 0) is 36.4 Å². The van der Waals surface area contributed by atoms with Crippen LogP contribution >= 0.6 is 0 Å². The molecule has 0 aliphatic rings. The number of aromatic carboxylic acids is 1. The lowest BCUT2D eigenvalue weighted by Gasteiger charge is -1.98. The largest absolute Gasteiger partial charge is 0.508 e. The first-order chi connectivity index (χ1) is 9.04. The highest BCUT2D eigenvalue weighted by Gasteiger charge is 2.01. The molecule has 5 nitrogen and oxygen atoms in total. The van der Waals surface area contributed by atoms with Crippen molar-refractivity contribution in [3.05, 3.63) is 53.6 Å². The maximum Gasteiger partial charge on any atom is 0.335 e. The maximum atomic E-state index is 10.7. The van der Waals surface area contributed by atoms with Crippen molar-refractivity contribution in [3.63, 3.8) is 0 Å². The molecule has 0 saturated carbocycles. The molecule has 0 bridgehead atoms. The summed E-state index contributed by atoms with van der Waals surface area (Å²) in [4.78, 5) is 14.8. The van der Waals surface area contributed by atoms with Crippen LogP contribution in [0.25, 0.3) is 0 Å². The summed E-state index contributed by atoms with van der Waals surface area (Å²) in [5.41, 5.74) is 1.31. The van der Waals surface area contributed by atoms with Crippen LogP contribution < -0.4 is 0 Å². The predicted molar refractivity (Wildman–Crippen MR) is 70.4 cm³/mol. The number of aliphatic imine (C=N–C) groups is 1. The highest BCUT2D eigenvalue weighted by atomic mass is 16.4. The Balaban J connectivity index is 2.20. The van der Waals surface area contributed by atoms with Crippen molar-refractivity contribution >= 4 is 17.9 Å². The van der Waals surface area contributed by atoms with Gasteiger partial charge in [-0.15, -0.1) is 0 Å². The Morgan fingerprint density at radius 2 is 1.58 bits per heavy atom. The third-order valence-corrected chi connectivity index (χ3v) is 2.40. The molecule has 0 aliphatic carbocycles. The topological polar surface area (TPSA) is 90.1 Å². The molecular formula is C14H11NO4. The number of hydrogen-bond donors (Lipinski definition) is 3. The number of hydrogen-bond acceptors (Lipinski definition) is 4. The minimum Gasteiger partial charge on any atom is -0.508 e. The van der Waals surface area contributed by atoms with E-state index in [-0.39, 0.29) is 17.1 Å². The van der Waals surface area contributed by atoms with E-state index in [1.54, 1.807) is 12.1 Å². The van der Waals surface area contributed by atoms with Gasteiger partial charge in [0.25, 0.3) is 0 Å². The first-order valence-electron chi connectivity index (χ1n) is 5.45. The molecule has 0 aliphatic heterocycles. The summed E-state index contributed by atoms with van der Waals surface area (Å²) in [7, 11) is 0. The van der Waals surface area contributed by atoms with Crippen molar-refractivity contribution in [1.29, 1.82) is 0 Å². The number of carboxylic acid groups (broad SMARTS) is 1. The minimum atomic E-state index is -0.992. The van der Waals surface area contributed by atoms with Crippen LogP contribution in [-0.2, 0) is 0 Å². The van der Waals surface area contributed by atoms with Crippen LogP contribution in [0.5, 0.6) is 11.5 Å². The average molecular weight is 257 g/mol. The summed E-state index contributed by atoms with van der Waals surface area (Å²) >= 11 is 0. The molecule has 19 heavy (non-hydrogen) atoms. The Morgan fingerprint density at radius 1 is 1.00 bits per heavy atom. The summed E-state index contributed by atoms with van der Waals surface area (Å²) in [6.07, 6.45) is 1.47. The SMILES string of the molecule is O=C(O)c1ccc(N=Cc2cc(O)cc(O)c2)cc1. The van der Waals surface area contributed by atoms with E-state index >= 15 is 0 Å². The quantitative estimate of drug-likeness (QED) is 0.737. The van der Waals surface area contributed by atoms with Crippen molar-refractivity contribution in [1.82, 2.24) is 0 Å². The van der Waals surface area contributed by atoms with Gasteiger partial charge in [0.1, 0.15) is 11.5 Å². The molecule has 2 aromatic rings. The molecule has 2 rings (SSSR count). The predicted octanol–water partition coefficient (Wildman–Crippen LogP) is 2.55. The number of nitrogens with zero attached hydrogens (tertiary/aromatic N) is 1. The Bertz CT molecular complexity index is 612. The van der Waals surface area contributed by atoms with Crippen LogP contribution in [0, 0.1) is 0 Å². The fourth-order valence-electron chi connectivity index (χ4n) is 1.53. The molecule has 3 N–H and O–H groups in total. The lowest BCUT2D eigenvalue weighted by Crippen LogP contribution is -1.94. The highest BCUT2D eigenvalue weighted by molar-refractivity contribution is 5.88. The Kier molecular flexibility index (Phi) is 3.47.